The Bertz CT molecular complexity index is 1350. The topological polar surface area (TPSA) is 55.2 Å². The first kappa shape index (κ1) is 20.1. The monoisotopic (exact) mass is 427 g/mol. The zero-order valence-electron chi connectivity index (χ0n) is 17.6. The van der Waals surface area contributed by atoms with Crippen LogP contribution in [0, 0.1) is 5.82 Å². The molecule has 0 bridgehead atoms. The molecule has 1 aliphatic rings. The van der Waals surface area contributed by atoms with Crippen molar-refractivity contribution in [3.63, 3.8) is 0 Å². The highest BCUT2D eigenvalue weighted by Gasteiger charge is 2.39. The van der Waals surface area contributed by atoms with Crippen LogP contribution >= 0.6 is 0 Å². The molecule has 0 fully saturated rings. The number of nitrogens with zero attached hydrogens (tertiary/aromatic N) is 3. The summed E-state index contributed by atoms with van der Waals surface area (Å²) >= 11 is 0. The van der Waals surface area contributed by atoms with Crippen molar-refractivity contribution in [2.24, 2.45) is 0 Å². The molecule has 2 atom stereocenters. The Kier molecular flexibility index (Phi) is 5.05. The standard InChI is InChI=1S/C26H22FN3O2/c1-17-25(31)29(16-19-7-3-2-4-8-19)23(15-18-11-13-20(27)14-12-18)24-28-22-10-6-5-9-21(22)26(32)30(17)24/h2-14,17,23H,15-16H2,1H3/t17-,23-/m0/s1. The van der Waals surface area contributed by atoms with Crippen molar-refractivity contribution in [3.8, 4) is 0 Å². The third-order valence-corrected chi connectivity index (χ3v) is 6.08. The summed E-state index contributed by atoms with van der Waals surface area (Å²) in [6.07, 6.45) is 0.427. The maximum absolute atomic E-state index is 13.5. The third kappa shape index (κ3) is 3.47. The van der Waals surface area contributed by atoms with Crippen LogP contribution in [0.25, 0.3) is 10.9 Å². The highest BCUT2D eigenvalue weighted by atomic mass is 19.1. The molecule has 3 aromatic carbocycles. The van der Waals surface area contributed by atoms with Crippen LogP contribution in [-0.2, 0) is 17.8 Å². The molecule has 2 heterocycles. The van der Waals surface area contributed by atoms with Crippen molar-refractivity contribution in [2.75, 3.05) is 0 Å². The first-order valence-electron chi connectivity index (χ1n) is 10.6. The number of fused-ring (bicyclic) bond motifs is 2. The van der Waals surface area contributed by atoms with Crippen molar-refractivity contribution >= 4 is 16.8 Å². The number of benzene rings is 3. The van der Waals surface area contributed by atoms with Gasteiger partial charge in [0.25, 0.3) is 5.56 Å². The summed E-state index contributed by atoms with van der Waals surface area (Å²) in [5.74, 6) is 0.109. The second-order valence-electron chi connectivity index (χ2n) is 8.14. The van der Waals surface area contributed by atoms with Gasteiger partial charge >= 0.3 is 0 Å². The summed E-state index contributed by atoms with van der Waals surface area (Å²) in [6.45, 7) is 2.15. The van der Waals surface area contributed by atoms with E-state index in [-0.39, 0.29) is 17.3 Å². The van der Waals surface area contributed by atoms with Crippen LogP contribution in [0.1, 0.15) is 36.0 Å². The average Bonchev–Trinajstić information content (AvgIpc) is 2.81. The Morgan fingerprint density at radius 3 is 2.31 bits per heavy atom. The van der Waals surface area contributed by atoms with Gasteiger partial charge in [-0.3, -0.25) is 14.2 Å². The zero-order valence-corrected chi connectivity index (χ0v) is 17.6. The van der Waals surface area contributed by atoms with Gasteiger partial charge in [-0.1, -0.05) is 54.6 Å². The highest BCUT2D eigenvalue weighted by molar-refractivity contribution is 5.83. The predicted octanol–water partition coefficient (Wildman–Crippen LogP) is 4.42. The molecule has 32 heavy (non-hydrogen) atoms. The van der Waals surface area contributed by atoms with Crippen molar-refractivity contribution in [1.82, 2.24) is 14.5 Å². The van der Waals surface area contributed by atoms with Crippen molar-refractivity contribution in [1.29, 1.82) is 0 Å². The molecule has 0 radical (unpaired) electrons. The molecule has 5 rings (SSSR count). The number of hydrogen-bond acceptors (Lipinski definition) is 3. The van der Waals surface area contributed by atoms with E-state index < -0.39 is 12.1 Å². The van der Waals surface area contributed by atoms with Gasteiger partial charge in [-0.25, -0.2) is 9.37 Å². The maximum Gasteiger partial charge on any atom is 0.262 e. The van der Waals surface area contributed by atoms with Gasteiger partial charge in [-0.15, -0.1) is 0 Å². The Labute approximate surface area is 184 Å². The first-order chi connectivity index (χ1) is 15.5. The highest BCUT2D eigenvalue weighted by Crippen LogP contribution is 2.34. The quantitative estimate of drug-likeness (QED) is 0.484. The number of carbonyl (C=O) groups excluding carboxylic acids is 1. The fourth-order valence-corrected chi connectivity index (χ4v) is 4.43. The molecule has 0 unspecified atom stereocenters. The molecule has 0 spiro atoms. The van der Waals surface area contributed by atoms with E-state index in [1.54, 1.807) is 36.1 Å². The van der Waals surface area contributed by atoms with Gasteiger partial charge in [-0.05, 0) is 42.3 Å². The fraction of sp³-hybridized carbons (Fsp3) is 0.192. The van der Waals surface area contributed by atoms with Crippen LogP contribution in [0.15, 0.2) is 83.7 Å². The van der Waals surface area contributed by atoms with Gasteiger partial charge in [-0.2, -0.15) is 0 Å². The molecule has 5 nitrogen and oxygen atoms in total. The SMILES string of the molecule is C[C@H]1C(=O)N(Cc2ccccc2)[C@@H](Cc2ccc(F)cc2)c2nc3ccccc3c(=O)n21. The normalized spacial score (nSPS) is 18.1. The lowest BCUT2D eigenvalue weighted by Crippen LogP contribution is -2.49. The maximum atomic E-state index is 13.5. The van der Waals surface area contributed by atoms with E-state index in [1.165, 1.54) is 16.7 Å². The minimum atomic E-state index is -0.664. The molecular weight excluding hydrogens is 405 g/mol. The lowest BCUT2D eigenvalue weighted by Gasteiger charge is -2.40. The van der Waals surface area contributed by atoms with Crippen molar-refractivity contribution < 1.29 is 9.18 Å². The molecule has 1 amide bonds. The number of hydrogen-bond donors (Lipinski definition) is 0. The van der Waals surface area contributed by atoms with Gasteiger partial charge in [0.1, 0.15) is 17.7 Å². The van der Waals surface area contributed by atoms with Gasteiger partial charge in [0.2, 0.25) is 5.91 Å². The number of rotatable bonds is 4. The lowest BCUT2D eigenvalue weighted by molar-refractivity contribution is -0.140. The van der Waals surface area contributed by atoms with Crippen LogP contribution in [0.3, 0.4) is 0 Å². The molecule has 6 heteroatoms. The van der Waals surface area contributed by atoms with E-state index in [2.05, 4.69) is 0 Å². The molecular formula is C26H22FN3O2. The second-order valence-corrected chi connectivity index (χ2v) is 8.14. The molecule has 0 saturated heterocycles. The van der Waals surface area contributed by atoms with Crippen LogP contribution in [0.5, 0.6) is 0 Å². The Hall–Kier alpha value is -3.80. The number of halogens is 1. The number of aromatic nitrogens is 2. The summed E-state index contributed by atoms with van der Waals surface area (Å²) in [4.78, 5) is 33.5. The fourth-order valence-electron chi connectivity index (χ4n) is 4.43. The molecule has 160 valence electrons. The molecule has 0 saturated carbocycles. The van der Waals surface area contributed by atoms with Gasteiger partial charge in [0.15, 0.2) is 0 Å². The van der Waals surface area contributed by atoms with Crippen molar-refractivity contribution in [2.45, 2.75) is 32.0 Å². The zero-order chi connectivity index (χ0) is 22.2. The van der Waals surface area contributed by atoms with Crippen LogP contribution < -0.4 is 5.56 Å². The Morgan fingerprint density at radius 2 is 1.56 bits per heavy atom. The van der Waals surface area contributed by atoms with Crippen molar-refractivity contribution in [3.05, 3.63) is 112 Å². The summed E-state index contributed by atoms with van der Waals surface area (Å²) in [5, 5.41) is 0.493. The number of amides is 1. The average molecular weight is 427 g/mol. The lowest BCUT2D eigenvalue weighted by atomic mass is 9.98. The smallest absolute Gasteiger partial charge is 0.262 e. The summed E-state index contributed by atoms with van der Waals surface area (Å²) in [5.41, 5.74) is 2.25. The summed E-state index contributed by atoms with van der Waals surface area (Å²) in [7, 11) is 0. The molecule has 1 aromatic heterocycles. The molecule has 1 aliphatic heterocycles. The van der Waals surface area contributed by atoms with E-state index in [1.807, 2.05) is 42.5 Å². The minimum absolute atomic E-state index is 0.132. The van der Waals surface area contributed by atoms with Gasteiger partial charge in [0.05, 0.1) is 16.9 Å². The third-order valence-electron chi connectivity index (χ3n) is 6.08. The predicted molar refractivity (Wildman–Crippen MR) is 121 cm³/mol. The van der Waals surface area contributed by atoms with E-state index >= 15 is 0 Å². The Balaban J connectivity index is 1.68. The van der Waals surface area contributed by atoms with E-state index in [4.69, 9.17) is 4.98 Å². The largest absolute Gasteiger partial charge is 0.326 e. The van der Waals surface area contributed by atoms with E-state index in [9.17, 15) is 14.0 Å². The second kappa shape index (κ2) is 8.04. The molecule has 0 aliphatic carbocycles. The van der Waals surface area contributed by atoms with Gasteiger partial charge < -0.3 is 4.90 Å². The van der Waals surface area contributed by atoms with E-state index in [0.29, 0.717) is 29.7 Å². The summed E-state index contributed by atoms with van der Waals surface area (Å²) in [6, 6.07) is 22.1. The minimum Gasteiger partial charge on any atom is -0.326 e. The number of carbonyl (C=O) groups is 1. The molecule has 4 aromatic rings. The first-order valence-corrected chi connectivity index (χ1v) is 10.6. The van der Waals surface area contributed by atoms with Crippen LogP contribution in [-0.4, -0.2) is 20.4 Å². The van der Waals surface area contributed by atoms with Crippen LogP contribution in [0.2, 0.25) is 0 Å². The van der Waals surface area contributed by atoms with E-state index in [0.717, 1.165) is 11.1 Å². The van der Waals surface area contributed by atoms with Crippen LogP contribution in [0.4, 0.5) is 4.39 Å². The molecule has 0 N–H and O–H groups in total. The Morgan fingerprint density at radius 1 is 0.875 bits per heavy atom. The van der Waals surface area contributed by atoms with Gasteiger partial charge in [0, 0.05) is 13.0 Å². The number of para-hydroxylation sites is 1. The summed E-state index contributed by atoms with van der Waals surface area (Å²) < 4.78 is 15.0.